The molecule has 0 aliphatic rings. The number of Topliss-reactive ketones (excluding diaryl/α,β-unsaturated/α-hetero) is 1. The maximum atomic E-state index is 13.0. The van der Waals surface area contributed by atoms with Gasteiger partial charge in [-0.25, -0.2) is 21.6 Å². The van der Waals surface area contributed by atoms with Crippen molar-refractivity contribution >= 4 is 25.6 Å². The van der Waals surface area contributed by atoms with Gasteiger partial charge in [0.05, 0.1) is 14.7 Å². The number of hydrogen-bond donors (Lipinski definition) is 1. The monoisotopic (exact) mass is 458 g/mol. The van der Waals surface area contributed by atoms with Crippen LogP contribution in [0.2, 0.25) is 0 Å². The smallest absolute Gasteiger partial charge is 0.240 e. The van der Waals surface area contributed by atoms with Gasteiger partial charge in [-0.05, 0) is 55.8 Å². The molecule has 1 heterocycles. The summed E-state index contributed by atoms with van der Waals surface area (Å²) in [5.74, 6) is -0.176. The first-order chi connectivity index (χ1) is 14.6. The zero-order chi connectivity index (χ0) is 22.6. The van der Waals surface area contributed by atoms with Crippen LogP contribution in [0.3, 0.4) is 0 Å². The van der Waals surface area contributed by atoms with Gasteiger partial charge in [0.1, 0.15) is 0 Å². The molecule has 0 saturated carbocycles. The summed E-state index contributed by atoms with van der Waals surface area (Å²) in [4.78, 5) is 15.3. The summed E-state index contributed by atoms with van der Waals surface area (Å²) in [6.45, 7) is 3.12. The molecule has 0 bridgehead atoms. The van der Waals surface area contributed by atoms with Crippen LogP contribution in [0, 0.1) is 6.92 Å². The molecule has 0 radical (unpaired) electrons. The number of sulfone groups is 1. The summed E-state index contributed by atoms with van der Waals surface area (Å²) >= 11 is 0. The maximum absolute atomic E-state index is 13.0. The molecule has 162 valence electrons. The van der Waals surface area contributed by atoms with Crippen LogP contribution >= 0.6 is 0 Å². The fraction of sp³-hybridized carbons (Fsp3) is 0.182. The highest BCUT2D eigenvalue weighted by Crippen LogP contribution is 2.25. The highest BCUT2D eigenvalue weighted by molar-refractivity contribution is 7.91. The van der Waals surface area contributed by atoms with E-state index in [0.29, 0.717) is 17.5 Å². The van der Waals surface area contributed by atoms with Gasteiger partial charge >= 0.3 is 0 Å². The molecular weight excluding hydrogens is 436 g/mol. The first-order valence-electron chi connectivity index (χ1n) is 9.47. The Hall–Kier alpha value is -2.88. The predicted octanol–water partition coefficient (Wildman–Crippen LogP) is 2.95. The number of ketones is 1. The molecule has 0 unspecified atom stereocenters. The van der Waals surface area contributed by atoms with Crippen molar-refractivity contribution in [3.05, 3.63) is 83.7 Å². The zero-order valence-electron chi connectivity index (χ0n) is 17.1. The predicted molar refractivity (Wildman–Crippen MR) is 116 cm³/mol. The second-order valence-corrected chi connectivity index (χ2v) is 10.7. The molecule has 0 saturated heterocycles. The van der Waals surface area contributed by atoms with Gasteiger partial charge in [-0.3, -0.25) is 9.78 Å². The van der Waals surface area contributed by atoms with Crippen molar-refractivity contribution in [1.29, 1.82) is 0 Å². The van der Waals surface area contributed by atoms with Crippen LogP contribution in [-0.2, 0) is 26.3 Å². The lowest BCUT2D eigenvalue weighted by Gasteiger charge is -2.12. The number of benzene rings is 2. The molecule has 9 heteroatoms. The van der Waals surface area contributed by atoms with E-state index >= 15 is 0 Å². The summed E-state index contributed by atoms with van der Waals surface area (Å²) in [7, 11) is -7.89. The average molecular weight is 459 g/mol. The molecule has 3 rings (SSSR count). The third-order valence-electron chi connectivity index (χ3n) is 4.73. The second-order valence-electron chi connectivity index (χ2n) is 6.98. The maximum Gasteiger partial charge on any atom is 0.240 e. The number of nitrogens with one attached hydrogen (secondary N) is 1. The molecule has 1 aromatic heterocycles. The van der Waals surface area contributed by atoms with E-state index in [9.17, 15) is 21.6 Å². The van der Waals surface area contributed by atoms with Crippen molar-refractivity contribution in [3.63, 3.8) is 0 Å². The van der Waals surface area contributed by atoms with Crippen LogP contribution in [0.15, 0.2) is 81.5 Å². The molecule has 0 aliphatic heterocycles. The third kappa shape index (κ3) is 5.25. The van der Waals surface area contributed by atoms with Crippen molar-refractivity contribution in [2.75, 3.05) is 6.54 Å². The molecule has 0 spiro atoms. The fourth-order valence-electron chi connectivity index (χ4n) is 2.98. The minimum absolute atomic E-state index is 0.0205. The summed E-state index contributed by atoms with van der Waals surface area (Å²) < 4.78 is 54.1. The van der Waals surface area contributed by atoms with Gasteiger partial charge in [-0.15, -0.1) is 0 Å². The molecule has 2 aromatic carbocycles. The van der Waals surface area contributed by atoms with Gasteiger partial charge < -0.3 is 0 Å². The molecule has 31 heavy (non-hydrogen) atoms. The lowest BCUT2D eigenvalue weighted by Crippen LogP contribution is -2.27. The number of hydrogen-bond acceptors (Lipinski definition) is 6. The van der Waals surface area contributed by atoms with Gasteiger partial charge in [0.25, 0.3) is 0 Å². The Morgan fingerprint density at radius 1 is 0.935 bits per heavy atom. The molecule has 0 atom stereocenters. The molecule has 0 aliphatic carbocycles. The van der Waals surface area contributed by atoms with Crippen LogP contribution in [0.5, 0.6) is 0 Å². The van der Waals surface area contributed by atoms with Crippen LogP contribution in [0.1, 0.15) is 28.5 Å². The van der Waals surface area contributed by atoms with E-state index in [2.05, 4.69) is 9.71 Å². The fourth-order valence-corrected chi connectivity index (χ4v) is 5.64. The number of nitrogens with zero attached hydrogens (tertiary/aromatic N) is 1. The number of aryl methyl sites for hydroxylation is 1. The average Bonchev–Trinajstić information content (AvgIpc) is 2.74. The highest BCUT2D eigenvalue weighted by Gasteiger charge is 2.23. The number of pyridine rings is 1. The second kappa shape index (κ2) is 9.09. The summed E-state index contributed by atoms with van der Waals surface area (Å²) in [5.41, 5.74) is 1.56. The Balaban J connectivity index is 1.87. The molecule has 3 aromatic rings. The topological polar surface area (TPSA) is 110 Å². The first-order valence-corrected chi connectivity index (χ1v) is 12.4. The number of aromatic nitrogens is 1. The third-order valence-corrected chi connectivity index (χ3v) is 8.10. The standard InChI is InChI=1S/C22H22N2O5S2/c1-16-6-9-21(30(26,27)20-10-7-18(8-11-20)17(2)25)15-22(16)31(28,29)24-14-12-19-5-3-4-13-23-19/h3-11,13,15,24H,12,14H2,1-2H3. The van der Waals surface area contributed by atoms with Crippen molar-refractivity contribution in [3.8, 4) is 0 Å². The number of carbonyl (C=O) groups is 1. The van der Waals surface area contributed by atoms with Gasteiger partial charge in [-0.1, -0.05) is 24.3 Å². The van der Waals surface area contributed by atoms with E-state index in [-0.39, 0.29) is 27.0 Å². The van der Waals surface area contributed by atoms with E-state index in [1.807, 2.05) is 6.07 Å². The molecule has 7 nitrogen and oxygen atoms in total. The Bertz CT molecular complexity index is 1300. The Morgan fingerprint density at radius 3 is 2.23 bits per heavy atom. The van der Waals surface area contributed by atoms with E-state index in [1.165, 1.54) is 43.3 Å². The number of carbonyl (C=O) groups excluding carboxylic acids is 1. The van der Waals surface area contributed by atoms with E-state index in [4.69, 9.17) is 0 Å². The quantitative estimate of drug-likeness (QED) is 0.520. The number of rotatable bonds is 8. The highest BCUT2D eigenvalue weighted by atomic mass is 32.2. The van der Waals surface area contributed by atoms with Crippen molar-refractivity contribution in [2.24, 2.45) is 0 Å². The first kappa shape index (κ1) is 22.8. The minimum Gasteiger partial charge on any atom is -0.295 e. The Labute approximate surface area is 182 Å². The van der Waals surface area contributed by atoms with Gasteiger partial charge in [-0.2, -0.15) is 0 Å². The summed E-state index contributed by atoms with van der Waals surface area (Å²) in [6, 6.07) is 14.9. The van der Waals surface area contributed by atoms with Crippen LogP contribution < -0.4 is 4.72 Å². The van der Waals surface area contributed by atoms with Crippen molar-refractivity contribution in [1.82, 2.24) is 9.71 Å². The van der Waals surface area contributed by atoms with Crippen LogP contribution in [0.25, 0.3) is 0 Å². The van der Waals surface area contributed by atoms with Crippen LogP contribution in [-0.4, -0.2) is 34.1 Å². The molecule has 1 N–H and O–H groups in total. The van der Waals surface area contributed by atoms with E-state index in [1.54, 1.807) is 25.3 Å². The SMILES string of the molecule is CC(=O)c1ccc(S(=O)(=O)c2ccc(C)c(S(=O)(=O)NCCc3ccccn3)c2)cc1. The van der Waals surface area contributed by atoms with Gasteiger partial charge in [0.15, 0.2) is 5.78 Å². The molecular formula is C22H22N2O5S2. The normalized spacial score (nSPS) is 11.9. The molecule has 0 fully saturated rings. The largest absolute Gasteiger partial charge is 0.295 e. The van der Waals surface area contributed by atoms with E-state index < -0.39 is 19.9 Å². The summed E-state index contributed by atoms with van der Waals surface area (Å²) in [6.07, 6.45) is 2.03. The minimum atomic E-state index is -3.96. The van der Waals surface area contributed by atoms with Crippen molar-refractivity contribution in [2.45, 2.75) is 35.0 Å². The Kier molecular flexibility index (Phi) is 6.68. The van der Waals surface area contributed by atoms with Crippen molar-refractivity contribution < 1.29 is 21.6 Å². The summed E-state index contributed by atoms with van der Waals surface area (Å²) in [5, 5.41) is 0. The lowest BCUT2D eigenvalue weighted by atomic mass is 10.2. The molecule has 0 amide bonds. The lowest BCUT2D eigenvalue weighted by molar-refractivity contribution is 0.101. The number of sulfonamides is 1. The van der Waals surface area contributed by atoms with Gasteiger partial charge in [0, 0.05) is 30.4 Å². The van der Waals surface area contributed by atoms with Crippen LogP contribution in [0.4, 0.5) is 0 Å². The zero-order valence-corrected chi connectivity index (χ0v) is 18.7. The Morgan fingerprint density at radius 2 is 1.61 bits per heavy atom. The van der Waals surface area contributed by atoms with E-state index in [0.717, 1.165) is 11.8 Å². The van der Waals surface area contributed by atoms with Gasteiger partial charge in [0.2, 0.25) is 19.9 Å².